The molecule has 3 saturated heterocycles. The molecule has 2 amide bonds. The molecular weight excluding hydrogens is 506 g/mol. The molecule has 5 unspecified atom stereocenters. The molecule has 1 aromatic carbocycles. The van der Waals surface area contributed by atoms with Crippen molar-refractivity contribution in [1.29, 1.82) is 5.26 Å². The first-order valence-corrected chi connectivity index (χ1v) is 13.9. The summed E-state index contributed by atoms with van der Waals surface area (Å²) in [5, 5.41) is 9.77. The maximum atomic E-state index is 12.2. The molecule has 1 aromatic rings. The van der Waals surface area contributed by atoms with Crippen molar-refractivity contribution in [3.63, 3.8) is 0 Å². The van der Waals surface area contributed by atoms with Crippen LogP contribution in [0.25, 0.3) is 0 Å². The standard InChI is InChI=1S/C18H22N2O2.C10H17NO4S/c1-17(2,3)22-16(21)20-10-9-14-15(11-20)18(14,12-19)13-7-5-4-6-8-13;1-10(2,3)13-9(12)11-5-4-7-8(6-11)15-16-14-7/h4-8,14-15H,9-11H2,1-3H3;7-8H,4-6H2,1-3H3. The van der Waals surface area contributed by atoms with Gasteiger partial charge < -0.3 is 19.3 Å². The first-order chi connectivity index (χ1) is 17.8. The van der Waals surface area contributed by atoms with Crippen LogP contribution in [0.1, 0.15) is 59.9 Å². The Morgan fingerprint density at radius 2 is 1.45 bits per heavy atom. The molecule has 4 aliphatic rings. The van der Waals surface area contributed by atoms with E-state index in [2.05, 4.69) is 6.07 Å². The summed E-state index contributed by atoms with van der Waals surface area (Å²) >= 11 is 1.03. The number of benzene rings is 1. The summed E-state index contributed by atoms with van der Waals surface area (Å²) < 4.78 is 21.4. The van der Waals surface area contributed by atoms with E-state index in [9.17, 15) is 14.9 Å². The van der Waals surface area contributed by atoms with Crippen molar-refractivity contribution in [2.45, 2.75) is 83.2 Å². The Balaban J connectivity index is 0.000000186. The van der Waals surface area contributed by atoms with E-state index >= 15 is 0 Å². The SMILES string of the molecule is CC(C)(C)OC(=O)N1CCC2C(C1)C2(C#N)c1ccccc1.CC(C)(C)OC(=O)N1CCC2OSOC2C1. The van der Waals surface area contributed by atoms with Gasteiger partial charge in [0.25, 0.3) is 0 Å². The summed E-state index contributed by atoms with van der Waals surface area (Å²) in [6.45, 7) is 13.7. The van der Waals surface area contributed by atoms with Gasteiger partial charge in [0.15, 0.2) is 12.3 Å². The molecule has 9 nitrogen and oxygen atoms in total. The lowest BCUT2D eigenvalue weighted by atomic mass is 9.93. The summed E-state index contributed by atoms with van der Waals surface area (Å²) in [6, 6.07) is 12.5. The van der Waals surface area contributed by atoms with Crippen LogP contribution in [-0.4, -0.2) is 71.6 Å². The number of nitriles is 1. The van der Waals surface area contributed by atoms with Crippen LogP contribution in [0.5, 0.6) is 0 Å². The van der Waals surface area contributed by atoms with Gasteiger partial charge in [-0.2, -0.15) is 5.26 Å². The van der Waals surface area contributed by atoms with Crippen LogP contribution < -0.4 is 0 Å². The third kappa shape index (κ3) is 6.38. The Kier molecular flexibility index (Phi) is 8.22. The third-order valence-electron chi connectivity index (χ3n) is 7.24. The molecule has 5 rings (SSSR count). The van der Waals surface area contributed by atoms with Gasteiger partial charge in [-0.15, -0.1) is 0 Å². The molecule has 0 N–H and O–H groups in total. The molecule has 3 heterocycles. The second kappa shape index (κ2) is 10.9. The third-order valence-corrected chi connectivity index (χ3v) is 7.89. The fourth-order valence-electron chi connectivity index (χ4n) is 5.44. The zero-order valence-corrected chi connectivity index (χ0v) is 24.0. The first-order valence-electron chi connectivity index (χ1n) is 13.3. The van der Waals surface area contributed by atoms with Crippen LogP contribution in [0.3, 0.4) is 0 Å². The smallest absolute Gasteiger partial charge is 0.410 e. The summed E-state index contributed by atoms with van der Waals surface area (Å²) in [4.78, 5) is 27.5. The molecular formula is C28H39N3O6S. The Morgan fingerprint density at radius 3 is 2.03 bits per heavy atom. The molecule has 0 bridgehead atoms. The molecule has 10 heteroatoms. The number of carbonyl (C=O) groups excluding carboxylic acids is 2. The van der Waals surface area contributed by atoms with Gasteiger partial charge in [0.1, 0.15) is 23.4 Å². The maximum Gasteiger partial charge on any atom is 0.410 e. The van der Waals surface area contributed by atoms with Gasteiger partial charge in [0, 0.05) is 25.6 Å². The highest BCUT2D eigenvalue weighted by Gasteiger charge is 2.67. The lowest BCUT2D eigenvalue weighted by Crippen LogP contribution is -2.49. The summed E-state index contributed by atoms with van der Waals surface area (Å²) in [5.74, 6) is 0.583. The highest BCUT2D eigenvalue weighted by molar-refractivity contribution is 7.90. The van der Waals surface area contributed by atoms with Gasteiger partial charge in [0.2, 0.25) is 0 Å². The van der Waals surface area contributed by atoms with Crippen LogP contribution >= 0.6 is 12.3 Å². The van der Waals surface area contributed by atoms with Gasteiger partial charge in [-0.05, 0) is 65.9 Å². The van der Waals surface area contributed by atoms with Crippen molar-refractivity contribution < 1.29 is 27.4 Å². The van der Waals surface area contributed by atoms with Crippen LogP contribution in [0.4, 0.5) is 9.59 Å². The van der Waals surface area contributed by atoms with Crippen molar-refractivity contribution in [2.75, 3.05) is 26.2 Å². The number of fused-ring (bicyclic) bond motifs is 2. The number of rotatable bonds is 1. The lowest BCUT2D eigenvalue weighted by Gasteiger charge is -2.33. The highest BCUT2D eigenvalue weighted by Crippen LogP contribution is 2.63. The molecule has 0 spiro atoms. The minimum Gasteiger partial charge on any atom is -0.444 e. The number of carbonyl (C=O) groups is 2. The fraction of sp³-hybridized carbons (Fsp3) is 0.679. The van der Waals surface area contributed by atoms with Gasteiger partial charge in [-0.25, -0.2) is 9.59 Å². The van der Waals surface area contributed by atoms with Crippen molar-refractivity contribution in [1.82, 2.24) is 9.80 Å². The number of amides is 2. The van der Waals surface area contributed by atoms with Gasteiger partial charge in [-0.1, -0.05) is 30.3 Å². The van der Waals surface area contributed by atoms with E-state index in [-0.39, 0.29) is 30.3 Å². The fourth-order valence-corrected chi connectivity index (χ4v) is 6.09. The van der Waals surface area contributed by atoms with Crippen molar-refractivity contribution in [2.24, 2.45) is 11.8 Å². The molecule has 0 radical (unpaired) electrons. The van der Waals surface area contributed by atoms with Crippen molar-refractivity contribution in [3.8, 4) is 6.07 Å². The topological polar surface area (TPSA) is 101 Å². The Bertz CT molecular complexity index is 1050. The summed E-state index contributed by atoms with van der Waals surface area (Å²) in [5.41, 5.74) is -0.268. The van der Waals surface area contributed by atoms with E-state index in [1.54, 1.807) is 9.80 Å². The van der Waals surface area contributed by atoms with E-state index in [1.807, 2.05) is 71.9 Å². The summed E-state index contributed by atoms with van der Waals surface area (Å²) in [7, 11) is 0. The molecule has 5 atom stereocenters. The Labute approximate surface area is 230 Å². The summed E-state index contributed by atoms with van der Waals surface area (Å²) in [6.07, 6.45) is 1.22. The highest BCUT2D eigenvalue weighted by atomic mass is 32.2. The van der Waals surface area contributed by atoms with Crippen LogP contribution in [0.15, 0.2) is 30.3 Å². The molecule has 38 heavy (non-hydrogen) atoms. The zero-order valence-electron chi connectivity index (χ0n) is 23.1. The van der Waals surface area contributed by atoms with Gasteiger partial charge in [0.05, 0.1) is 18.0 Å². The normalized spacial score (nSPS) is 30.1. The second-order valence-electron chi connectivity index (χ2n) is 12.3. The Morgan fingerprint density at radius 1 is 0.895 bits per heavy atom. The number of hydrogen-bond donors (Lipinski definition) is 0. The van der Waals surface area contributed by atoms with Crippen LogP contribution in [0, 0.1) is 23.2 Å². The van der Waals surface area contributed by atoms with E-state index in [4.69, 9.17) is 17.8 Å². The molecule has 0 aromatic heterocycles. The average Bonchev–Trinajstić information content (AvgIpc) is 3.26. The van der Waals surface area contributed by atoms with Crippen LogP contribution in [-0.2, 0) is 23.3 Å². The number of nitrogens with zero attached hydrogens (tertiary/aromatic N) is 3. The van der Waals surface area contributed by atoms with E-state index in [0.29, 0.717) is 32.1 Å². The monoisotopic (exact) mass is 545 g/mol. The van der Waals surface area contributed by atoms with Gasteiger partial charge in [-0.3, -0.25) is 8.37 Å². The number of ether oxygens (including phenoxy) is 2. The molecule has 208 valence electrons. The molecule has 1 aliphatic carbocycles. The Hall–Kier alpha value is -2.48. The predicted molar refractivity (Wildman–Crippen MR) is 143 cm³/mol. The molecule has 4 fully saturated rings. The van der Waals surface area contributed by atoms with E-state index in [1.165, 1.54) is 0 Å². The van der Waals surface area contributed by atoms with E-state index < -0.39 is 16.6 Å². The quantitative estimate of drug-likeness (QED) is 0.438. The number of hydrogen-bond acceptors (Lipinski definition) is 8. The minimum absolute atomic E-state index is 0.0220. The number of piperidine rings is 2. The lowest BCUT2D eigenvalue weighted by molar-refractivity contribution is -0.000758. The molecule has 3 aliphatic heterocycles. The molecule has 1 saturated carbocycles. The first kappa shape index (κ1) is 28.5. The van der Waals surface area contributed by atoms with Crippen molar-refractivity contribution >= 4 is 24.5 Å². The predicted octanol–water partition coefficient (Wildman–Crippen LogP) is 5.31. The largest absolute Gasteiger partial charge is 0.444 e. The van der Waals surface area contributed by atoms with Crippen molar-refractivity contribution in [3.05, 3.63) is 35.9 Å². The van der Waals surface area contributed by atoms with E-state index in [0.717, 1.165) is 30.7 Å². The average molecular weight is 546 g/mol. The van der Waals surface area contributed by atoms with Gasteiger partial charge >= 0.3 is 12.2 Å². The maximum absolute atomic E-state index is 12.2. The zero-order chi connectivity index (χ0) is 27.7. The second-order valence-corrected chi connectivity index (χ2v) is 12.8. The minimum atomic E-state index is -0.483. The number of likely N-dealkylation sites (tertiary alicyclic amines) is 2. The van der Waals surface area contributed by atoms with Crippen LogP contribution in [0.2, 0.25) is 0 Å².